The van der Waals surface area contributed by atoms with E-state index in [1.54, 1.807) is 6.07 Å². The Kier molecular flexibility index (Phi) is 11.5. The zero-order valence-electron chi connectivity index (χ0n) is 23.5. The highest BCUT2D eigenvalue weighted by Gasteiger charge is 2.32. The van der Waals surface area contributed by atoms with Gasteiger partial charge in [-0.15, -0.1) is 6.58 Å². The van der Waals surface area contributed by atoms with Gasteiger partial charge in [0.15, 0.2) is 11.6 Å². The van der Waals surface area contributed by atoms with Crippen molar-refractivity contribution in [1.29, 1.82) is 0 Å². The molecule has 1 heterocycles. The van der Waals surface area contributed by atoms with Crippen LogP contribution in [-0.2, 0) is 4.74 Å². The second-order valence-electron chi connectivity index (χ2n) is 12.4. The monoisotopic (exact) mass is 534 g/mol. The fourth-order valence-corrected chi connectivity index (χ4v) is 7.15. The minimum atomic E-state index is -1.18. The molecule has 0 amide bonds. The molecular formula is C33H49F3O2. The van der Waals surface area contributed by atoms with Crippen LogP contribution in [0, 0.1) is 35.3 Å². The van der Waals surface area contributed by atoms with Crippen LogP contribution in [0.3, 0.4) is 0 Å². The molecule has 2 nitrogen and oxygen atoms in total. The number of halogens is 3. The van der Waals surface area contributed by atoms with E-state index < -0.39 is 17.8 Å². The summed E-state index contributed by atoms with van der Waals surface area (Å²) < 4.78 is 56.1. The number of alkyl halides is 1. The van der Waals surface area contributed by atoms with Gasteiger partial charge >= 0.3 is 0 Å². The number of benzene rings is 1. The molecule has 3 atom stereocenters. The van der Waals surface area contributed by atoms with Gasteiger partial charge in [-0.2, -0.15) is 4.39 Å². The van der Waals surface area contributed by atoms with Crippen LogP contribution in [0.25, 0.3) is 0 Å². The Labute approximate surface area is 228 Å². The average molecular weight is 535 g/mol. The number of rotatable bonds is 12. The lowest BCUT2D eigenvalue weighted by Gasteiger charge is -2.38. The van der Waals surface area contributed by atoms with Crippen molar-refractivity contribution in [3.05, 3.63) is 42.0 Å². The molecule has 1 saturated heterocycles. The van der Waals surface area contributed by atoms with Gasteiger partial charge in [0.1, 0.15) is 12.8 Å². The molecule has 1 aromatic rings. The highest BCUT2D eigenvalue weighted by Crippen LogP contribution is 2.40. The van der Waals surface area contributed by atoms with Crippen LogP contribution >= 0.6 is 0 Å². The third kappa shape index (κ3) is 8.02. The maximum Gasteiger partial charge on any atom is 0.200 e. The molecule has 0 aromatic heterocycles. The van der Waals surface area contributed by atoms with Crippen LogP contribution in [0.5, 0.6) is 5.75 Å². The second kappa shape index (κ2) is 14.8. The SMILES string of the molecule is C=CC1CCC(c2ccc(OCC(F)CC3CCC(C4CCC(CCCCC)CO4)CC3)c(F)c2F)CC1. The summed E-state index contributed by atoms with van der Waals surface area (Å²) in [5.41, 5.74) is 0.417. The Morgan fingerprint density at radius 1 is 0.947 bits per heavy atom. The Balaban J connectivity index is 1.16. The molecule has 1 aliphatic heterocycles. The number of hydrogen-bond donors (Lipinski definition) is 0. The van der Waals surface area contributed by atoms with Gasteiger partial charge in [-0.1, -0.05) is 38.3 Å². The van der Waals surface area contributed by atoms with Gasteiger partial charge in [0.25, 0.3) is 0 Å². The summed E-state index contributed by atoms with van der Waals surface area (Å²) >= 11 is 0. The van der Waals surface area contributed by atoms with Gasteiger partial charge < -0.3 is 9.47 Å². The fraction of sp³-hybridized carbons (Fsp3) is 0.758. The fourth-order valence-electron chi connectivity index (χ4n) is 7.15. The van der Waals surface area contributed by atoms with E-state index in [0.717, 1.165) is 63.9 Å². The highest BCUT2D eigenvalue weighted by atomic mass is 19.2. The highest BCUT2D eigenvalue weighted by molar-refractivity contribution is 5.33. The zero-order valence-corrected chi connectivity index (χ0v) is 23.5. The largest absolute Gasteiger partial charge is 0.487 e. The standard InChI is InChI=1S/C33H49F3O2/c1-3-5-6-7-25-12-18-30(37-21-25)27-15-10-24(11-16-27)20-28(34)22-38-31-19-17-29(32(35)33(31)36)26-13-8-23(4-2)9-14-26/h4,17,19,23-28,30H,2-3,5-16,18,20-22H2,1H3. The number of allylic oxidation sites excluding steroid dienone is 1. The molecule has 0 radical (unpaired) electrons. The van der Waals surface area contributed by atoms with Crippen LogP contribution in [0.1, 0.15) is 115 Å². The van der Waals surface area contributed by atoms with Crippen molar-refractivity contribution in [3.63, 3.8) is 0 Å². The molecule has 5 heteroatoms. The van der Waals surface area contributed by atoms with Gasteiger partial charge in [-0.3, -0.25) is 0 Å². The second-order valence-corrected chi connectivity index (χ2v) is 12.4. The molecule has 1 aromatic carbocycles. The van der Waals surface area contributed by atoms with Gasteiger partial charge in [0.05, 0.1) is 6.10 Å². The van der Waals surface area contributed by atoms with Crippen LogP contribution in [-0.4, -0.2) is 25.5 Å². The van der Waals surface area contributed by atoms with E-state index in [-0.39, 0.29) is 18.3 Å². The predicted molar refractivity (Wildman–Crippen MR) is 148 cm³/mol. The smallest absolute Gasteiger partial charge is 0.200 e. The van der Waals surface area contributed by atoms with Crippen LogP contribution in [0.15, 0.2) is 24.8 Å². The van der Waals surface area contributed by atoms with E-state index in [2.05, 4.69) is 13.5 Å². The first kappa shape index (κ1) is 29.5. The topological polar surface area (TPSA) is 18.5 Å². The minimum Gasteiger partial charge on any atom is -0.487 e. The Morgan fingerprint density at radius 2 is 1.68 bits per heavy atom. The first-order chi connectivity index (χ1) is 18.5. The van der Waals surface area contributed by atoms with Gasteiger partial charge in [0.2, 0.25) is 5.82 Å². The van der Waals surface area contributed by atoms with Crippen molar-refractivity contribution >= 4 is 0 Å². The van der Waals surface area contributed by atoms with E-state index in [1.807, 2.05) is 6.08 Å². The quantitative estimate of drug-likeness (QED) is 0.196. The van der Waals surface area contributed by atoms with Gasteiger partial charge in [0, 0.05) is 6.61 Å². The molecular weight excluding hydrogens is 485 g/mol. The summed E-state index contributed by atoms with van der Waals surface area (Å²) in [4.78, 5) is 0. The third-order valence-corrected chi connectivity index (χ3v) is 9.67. The molecule has 3 fully saturated rings. The molecule has 4 rings (SSSR count). The summed E-state index contributed by atoms with van der Waals surface area (Å²) in [5, 5.41) is 0. The van der Waals surface area contributed by atoms with E-state index in [1.165, 1.54) is 44.6 Å². The number of ether oxygens (including phenoxy) is 2. The summed E-state index contributed by atoms with van der Waals surface area (Å²) in [6, 6.07) is 3.10. The van der Waals surface area contributed by atoms with Crippen molar-refractivity contribution in [1.82, 2.24) is 0 Å². The summed E-state index contributed by atoms with van der Waals surface area (Å²) in [6.45, 7) is 6.77. The van der Waals surface area contributed by atoms with Crippen molar-refractivity contribution in [2.75, 3.05) is 13.2 Å². The molecule has 38 heavy (non-hydrogen) atoms. The lowest BCUT2D eigenvalue weighted by atomic mass is 9.75. The van der Waals surface area contributed by atoms with E-state index >= 15 is 0 Å². The molecule has 0 spiro atoms. The number of unbranched alkanes of at least 4 members (excludes halogenated alkanes) is 2. The van der Waals surface area contributed by atoms with Gasteiger partial charge in [-0.25, -0.2) is 8.78 Å². The molecule has 2 saturated carbocycles. The van der Waals surface area contributed by atoms with Crippen molar-refractivity contribution in [2.45, 2.75) is 121 Å². The summed E-state index contributed by atoms with van der Waals surface area (Å²) in [5.74, 6) is 0.131. The van der Waals surface area contributed by atoms with E-state index in [9.17, 15) is 13.2 Å². The van der Waals surface area contributed by atoms with Crippen LogP contribution in [0.2, 0.25) is 0 Å². The molecule has 214 valence electrons. The third-order valence-electron chi connectivity index (χ3n) is 9.67. The molecule has 3 aliphatic rings. The van der Waals surface area contributed by atoms with Crippen molar-refractivity contribution in [2.24, 2.45) is 23.7 Å². The summed E-state index contributed by atoms with van der Waals surface area (Å²) in [6.07, 6.45) is 17.0. The maximum absolute atomic E-state index is 14.8. The minimum absolute atomic E-state index is 0.0186. The summed E-state index contributed by atoms with van der Waals surface area (Å²) in [7, 11) is 0. The molecule has 3 unspecified atom stereocenters. The van der Waals surface area contributed by atoms with E-state index in [0.29, 0.717) is 35.8 Å². The normalized spacial score (nSPS) is 31.1. The lowest BCUT2D eigenvalue weighted by molar-refractivity contribution is -0.0605. The first-order valence-corrected chi connectivity index (χ1v) is 15.5. The Hall–Kier alpha value is -1.49. The van der Waals surface area contributed by atoms with Crippen LogP contribution in [0.4, 0.5) is 13.2 Å². The lowest BCUT2D eigenvalue weighted by Crippen LogP contribution is -2.34. The van der Waals surface area contributed by atoms with Crippen molar-refractivity contribution < 1.29 is 22.6 Å². The molecule has 0 bridgehead atoms. The van der Waals surface area contributed by atoms with Gasteiger partial charge in [-0.05, 0) is 118 Å². The maximum atomic E-state index is 14.8. The number of hydrogen-bond acceptors (Lipinski definition) is 2. The Morgan fingerprint density at radius 3 is 2.34 bits per heavy atom. The molecule has 2 aliphatic carbocycles. The predicted octanol–water partition coefficient (Wildman–Crippen LogP) is 9.71. The zero-order chi connectivity index (χ0) is 26.9. The van der Waals surface area contributed by atoms with Crippen LogP contribution < -0.4 is 4.74 Å². The Bertz CT molecular complexity index is 850. The van der Waals surface area contributed by atoms with E-state index in [4.69, 9.17) is 9.47 Å². The molecule has 0 N–H and O–H groups in total. The first-order valence-electron chi connectivity index (χ1n) is 15.5. The van der Waals surface area contributed by atoms with Crippen molar-refractivity contribution in [3.8, 4) is 5.75 Å². The average Bonchev–Trinajstić information content (AvgIpc) is 2.95.